The van der Waals surface area contributed by atoms with E-state index < -0.39 is 0 Å². The van der Waals surface area contributed by atoms with E-state index in [2.05, 4.69) is 42.2 Å². The van der Waals surface area contributed by atoms with E-state index in [1.54, 1.807) is 0 Å². The highest BCUT2D eigenvalue weighted by atomic mass is 15.2. The Hall–Kier alpha value is -1.77. The van der Waals surface area contributed by atoms with Crippen LogP contribution in [0.2, 0.25) is 0 Å². The van der Waals surface area contributed by atoms with Gasteiger partial charge in [-0.15, -0.1) is 0 Å². The zero-order valence-corrected chi connectivity index (χ0v) is 10.2. The molecule has 1 aliphatic carbocycles. The maximum atomic E-state index is 6.02. The van der Waals surface area contributed by atoms with E-state index in [1.807, 2.05) is 0 Å². The van der Waals surface area contributed by atoms with Crippen LogP contribution in [-0.2, 0) is 0 Å². The molecule has 1 aromatic heterocycles. The van der Waals surface area contributed by atoms with Crippen LogP contribution in [0.3, 0.4) is 0 Å². The van der Waals surface area contributed by atoms with Crippen LogP contribution in [0.1, 0.15) is 35.6 Å². The predicted molar refractivity (Wildman–Crippen MR) is 69.9 cm³/mol. The van der Waals surface area contributed by atoms with Gasteiger partial charge in [-0.1, -0.05) is 23.8 Å². The van der Waals surface area contributed by atoms with Crippen molar-refractivity contribution in [3.63, 3.8) is 0 Å². The van der Waals surface area contributed by atoms with Crippen LogP contribution in [0.4, 0.5) is 5.82 Å². The van der Waals surface area contributed by atoms with Crippen LogP contribution in [0, 0.1) is 13.8 Å². The number of nitrogen functional groups attached to an aromatic ring is 1. The fraction of sp³-hybridized carbons (Fsp3) is 0.357. The lowest BCUT2D eigenvalue weighted by molar-refractivity contribution is 0.968. The molecule has 0 amide bonds. The summed E-state index contributed by atoms with van der Waals surface area (Å²) in [6.45, 7) is 4.23. The minimum absolute atomic E-state index is 0.626. The van der Waals surface area contributed by atoms with E-state index in [9.17, 15) is 0 Å². The van der Waals surface area contributed by atoms with Gasteiger partial charge in [0.05, 0.1) is 0 Å². The number of rotatable bonds is 2. The van der Waals surface area contributed by atoms with Crippen molar-refractivity contribution in [3.8, 4) is 11.1 Å². The first-order valence-electron chi connectivity index (χ1n) is 6.08. The number of aryl methyl sites for hydroxylation is 2. The van der Waals surface area contributed by atoms with Crippen molar-refractivity contribution in [2.45, 2.75) is 32.6 Å². The summed E-state index contributed by atoms with van der Waals surface area (Å²) >= 11 is 0. The standard InChI is InChI=1S/C14H17N3/c1-8-3-4-9(2)11(7-8)12-13(10-5-6-10)16-17-14(12)15/h3-4,7,10H,5-6H2,1-2H3,(H3,15,16,17). The van der Waals surface area contributed by atoms with Crippen LogP contribution in [0.25, 0.3) is 11.1 Å². The van der Waals surface area contributed by atoms with Crippen LogP contribution in [0.5, 0.6) is 0 Å². The monoisotopic (exact) mass is 227 g/mol. The zero-order valence-electron chi connectivity index (χ0n) is 10.2. The molecule has 0 radical (unpaired) electrons. The number of hydrogen-bond acceptors (Lipinski definition) is 2. The maximum absolute atomic E-state index is 6.02. The van der Waals surface area contributed by atoms with Crippen LogP contribution >= 0.6 is 0 Å². The van der Waals surface area contributed by atoms with Gasteiger partial charge in [0, 0.05) is 17.2 Å². The first kappa shape index (κ1) is 10.4. The van der Waals surface area contributed by atoms with Gasteiger partial charge in [0.1, 0.15) is 0 Å². The fourth-order valence-electron chi connectivity index (χ4n) is 2.33. The lowest BCUT2D eigenvalue weighted by atomic mass is 9.97. The molecule has 88 valence electrons. The Morgan fingerprint density at radius 2 is 2.06 bits per heavy atom. The lowest BCUT2D eigenvalue weighted by Gasteiger charge is -2.08. The quantitative estimate of drug-likeness (QED) is 0.828. The molecule has 0 bridgehead atoms. The third kappa shape index (κ3) is 1.71. The van der Waals surface area contributed by atoms with Crippen LogP contribution in [0.15, 0.2) is 18.2 Å². The summed E-state index contributed by atoms with van der Waals surface area (Å²) in [7, 11) is 0. The maximum Gasteiger partial charge on any atom is 0.153 e. The van der Waals surface area contributed by atoms with E-state index in [0.717, 1.165) is 5.56 Å². The number of H-pyrrole nitrogens is 1. The Kier molecular flexibility index (Phi) is 2.21. The van der Waals surface area contributed by atoms with Crippen molar-refractivity contribution in [3.05, 3.63) is 35.0 Å². The summed E-state index contributed by atoms with van der Waals surface area (Å²) in [6, 6.07) is 6.47. The van der Waals surface area contributed by atoms with Gasteiger partial charge in [-0.2, -0.15) is 5.10 Å². The number of benzene rings is 1. The van der Waals surface area contributed by atoms with E-state index in [1.165, 1.54) is 35.2 Å². The highest BCUT2D eigenvalue weighted by Gasteiger charge is 2.30. The first-order chi connectivity index (χ1) is 8.16. The predicted octanol–water partition coefficient (Wildman–Crippen LogP) is 3.15. The molecular weight excluding hydrogens is 210 g/mol. The Morgan fingerprint density at radius 1 is 1.29 bits per heavy atom. The molecule has 3 rings (SSSR count). The van der Waals surface area contributed by atoms with Crippen molar-refractivity contribution >= 4 is 5.82 Å². The summed E-state index contributed by atoms with van der Waals surface area (Å²) < 4.78 is 0. The summed E-state index contributed by atoms with van der Waals surface area (Å²) in [6.07, 6.45) is 2.50. The largest absolute Gasteiger partial charge is 0.382 e. The molecule has 3 N–H and O–H groups in total. The molecule has 1 aromatic carbocycles. The second-order valence-electron chi connectivity index (χ2n) is 4.99. The molecule has 0 unspecified atom stereocenters. The van der Waals surface area contributed by atoms with Gasteiger partial charge >= 0.3 is 0 Å². The number of aromatic nitrogens is 2. The molecule has 1 fully saturated rings. The van der Waals surface area contributed by atoms with Crippen molar-refractivity contribution in [2.24, 2.45) is 0 Å². The molecule has 1 saturated carbocycles. The summed E-state index contributed by atoms with van der Waals surface area (Å²) in [4.78, 5) is 0. The van der Waals surface area contributed by atoms with Gasteiger partial charge in [-0.3, -0.25) is 5.10 Å². The number of nitrogens with zero attached hydrogens (tertiary/aromatic N) is 1. The minimum Gasteiger partial charge on any atom is -0.382 e. The van der Waals surface area contributed by atoms with E-state index in [-0.39, 0.29) is 0 Å². The van der Waals surface area contributed by atoms with Gasteiger partial charge in [-0.05, 0) is 37.8 Å². The summed E-state index contributed by atoms with van der Waals surface area (Å²) in [5, 5.41) is 7.28. The van der Waals surface area contributed by atoms with Crippen molar-refractivity contribution < 1.29 is 0 Å². The Labute approximate surface area is 101 Å². The van der Waals surface area contributed by atoms with Crippen LogP contribution in [-0.4, -0.2) is 10.2 Å². The molecule has 17 heavy (non-hydrogen) atoms. The highest BCUT2D eigenvalue weighted by Crippen LogP contribution is 2.45. The normalized spacial score (nSPS) is 15.2. The lowest BCUT2D eigenvalue weighted by Crippen LogP contribution is -1.92. The molecule has 0 saturated heterocycles. The fourth-order valence-corrected chi connectivity index (χ4v) is 2.33. The second-order valence-corrected chi connectivity index (χ2v) is 4.99. The average molecular weight is 227 g/mol. The number of hydrogen-bond donors (Lipinski definition) is 2. The highest BCUT2D eigenvalue weighted by molar-refractivity contribution is 5.79. The Morgan fingerprint density at radius 3 is 2.76 bits per heavy atom. The van der Waals surface area contributed by atoms with E-state index in [4.69, 9.17) is 5.73 Å². The van der Waals surface area contributed by atoms with Gasteiger partial charge in [0.25, 0.3) is 0 Å². The molecule has 0 atom stereocenters. The molecule has 1 aliphatic rings. The SMILES string of the molecule is Cc1ccc(C)c(-c2c(N)n[nH]c2C2CC2)c1. The second kappa shape index (κ2) is 3.62. The summed E-state index contributed by atoms with van der Waals surface area (Å²) in [5.41, 5.74) is 12.1. The number of anilines is 1. The molecule has 3 nitrogen and oxygen atoms in total. The van der Waals surface area contributed by atoms with E-state index in [0.29, 0.717) is 11.7 Å². The molecule has 2 aromatic rings. The zero-order chi connectivity index (χ0) is 12.0. The molecule has 0 aliphatic heterocycles. The molecule has 3 heteroatoms. The molecule has 1 heterocycles. The molecule has 0 spiro atoms. The van der Waals surface area contributed by atoms with Crippen molar-refractivity contribution in [1.82, 2.24) is 10.2 Å². The van der Waals surface area contributed by atoms with Crippen molar-refractivity contribution in [2.75, 3.05) is 5.73 Å². The Bertz CT molecular complexity index is 565. The number of aromatic amines is 1. The van der Waals surface area contributed by atoms with Gasteiger partial charge in [0.2, 0.25) is 0 Å². The number of nitrogens with two attached hydrogens (primary N) is 1. The summed E-state index contributed by atoms with van der Waals surface area (Å²) in [5.74, 6) is 1.26. The third-order valence-electron chi connectivity index (χ3n) is 3.47. The smallest absolute Gasteiger partial charge is 0.153 e. The number of nitrogens with one attached hydrogen (secondary N) is 1. The van der Waals surface area contributed by atoms with Crippen LogP contribution < -0.4 is 5.73 Å². The first-order valence-corrected chi connectivity index (χ1v) is 6.08. The Balaban J connectivity index is 2.19. The topological polar surface area (TPSA) is 54.7 Å². The van der Waals surface area contributed by atoms with Gasteiger partial charge < -0.3 is 5.73 Å². The van der Waals surface area contributed by atoms with Gasteiger partial charge in [-0.25, -0.2) is 0 Å². The third-order valence-corrected chi connectivity index (χ3v) is 3.47. The van der Waals surface area contributed by atoms with E-state index >= 15 is 0 Å². The van der Waals surface area contributed by atoms with Gasteiger partial charge in [0.15, 0.2) is 5.82 Å². The van der Waals surface area contributed by atoms with Crippen molar-refractivity contribution in [1.29, 1.82) is 0 Å². The average Bonchev–Trinajstić information content (AvgIpc) is 3.07. The molecular formula is C14H17N3. The minimum atomic E-state index is 0.626.